The van der Waals surface area contributed by atoms with Gasteiger partial charge in [-0.15, -0.1) is 12.3 Å². The highest BCUT2D eigenvalue weighted by molar-refractivity contribution is 4.82. The van der Waals surface area contributed by atoms with E-state index in [-0.39, 0.29) is 0 Å². The second-order valence-electron chi connectivity index (χ2n) is 6.24. The van der Waals surface area contributed by atoms with Crippen molar-refractivity contribution in [3.63, 3.8) is 0 Å². The molecule has 0 saturated carbocycles. The first kappa shape index (κ1) is 18.5. The van der Waals surface area contributed by atoms with Crippen LogP contribution in [-0.4, -0.2) is 25.4 Å². The minimum absolute atomic E-state index is 0.402. The van der Waals surface area contributed by atoms with Crippen LogP contribution in [0.4, 0.5) is 0 Å². The Morgan fingerprint density at radius 3 is 2.14 bits per heavy atom. The fraction of sp³-hybridized carbons (Fsp3) is 0.895. The number of epoxide rings is 1. The second-order valence-corrected chi connectivity index (χ2v) is 6.24. The average Bonchev–Trinajstić information content (AvgIpc) is 3.32. The molecule has 0 aliphatic carbocycles. The minimum Gasteiger partial charge on any atom is -0.375 e. The van der Waals surface area contributed by atoms with Gasteiger partial charge < -0.3 is 9.47 Å². The Kier molecular flexibility index (Phi) is 11.6. The SMILES string of the molecule is C#CCCCCCCCCCCCC(CC)OCC1CO1. The molecule has 1 rings (SSSR count). The highest BCUT2D eigenvalue weighted by atomic mass is 16.6. The Hall–Kier alpha value is -0.520. The van der Waals surface area contributed by atoms with Crippen molar-refractivity contribution in [3.05, 3.63) is 0 Å². The van der Waals surface area contributed by atoms with Crippen LogP contribution in [0.3, 0.4) is 0 Å². The van der Waals surface area contributed by atoms with Crippen LogP contribution >= 0.6 is 0 Å². The number of unbranched alkanes of at least 4 members (excludes halogenated alkanes) is 9. The van der Waals surface area contributed by atoms with E-state index < -0.39 is 0 Å². The van der Waals surface area contributed by atoms with Gasteiger partial charge in [-0.1, -0.05) is 58.3 Å². The zero-order valence-corrected chi connectivity index (χ0v) is 13.9. The first-order chi connectivity index (χ1) is 10.4. The standard InChI is InChI=1S/C19H34O2/c1-3-5-6-7-8-9-10-11-12-13-14-15-18(4-2)20-16-19-17-21-19/h1,18-19H,4-17H2,2H3. The normalized spacial score (nSPS) is 18.4. The molecule has 0 N–H and O–H groups in total. The maximum absolute atomic E-state index is 5.87. The Bertz CT molecular complexity index is 265. The van der Waals surface area contributed by atoms with Gasteiger partial charge in [0.2, 0.25) is 0 Å². The molecule has 1 fully saturated rings. The minimum atomic E-state index is 0.402. The van der Waals surface area contributed by atoms with Gasteiger partial charge in [-0.25, -0.2) is 0 Å². The van der Waals surface area contributed by atoms with Gasteiger partial charge in [0, 0.05) is 6.42 Å². The molecule has 0 aromatic rings. The van der Waals surface area contributed by atoms with E-state index in [1.807, 2.05) is 0 Å². The molecule has 0 aromatic heterocycles. The average molecular weight is 294 g/mol. The summed E-state index contributed by atoms with van der Waals surface area (Å²) in [7, 11) is 0. The maximum Gasteiger partial charge on any atom is 0.104 e. The lowest BCUT2D eigenvalue weighted by molar-refractivity contribution is 0.0334. The molecule has 2 atom stereocenters. The summed E-state index contributed by atoms with van der Waals surface area (Å²) in [5, 5.41) is 0. The molecule has 0 spiro atoms. The van der Waals surface area contributed by atoms with Crippen LogP contribution in [0.1, 0.15) is 84.0 Å². The van der Waals surface area contributed by atoms with Crippen LogP contribution in [0.2, 0.25) is 0 Å². The summed E-state index contributed by atoms with van der Waals surface area (Å²) in [6.45, 7) is 3.93. The van der Waals surface area contributed by atoms with Crippen LogP contribution in [0, 0.1) is 12.3 Å². The lowest BCUT2D eigenvalue weighted by Gasteiger charge is -2.15. The van der Waals surface area contributed by atoms with E-state index in [1.165, 1.54) is 64.2 Å². The summed E-state index contributed by atoms with van der Waals surface area (Å²) in [5.41, 5.74) is 0. The summed E-state index contributed by atoms with van der Waals surface area (Å²) in [6, 6.07) is 0. The molecule has 1 saturated heterocycles. The molecule has 0 bridgehead atoms. The van der Waals surface area contributed by atoms with Gasteiger partial charge in [-0.3, -0.25) is 0 Å². The number of hydrogen-bond acceptors (Lipinski definition) is 2. The quantitative estimate of drug-likeness (QED) is 0.238. The van der Waals surface area contributed by atoms with Crippen LogP contribution in [0.5, 0.6) is 0 Å². The van der Waals surface area contributed by atoms with Gasteiger partial charge in [0.1, 0.15) is 6.10 Å². The Morgan fingerprint density at radius 1 is 1.05 bits per heavy atom. The van der Waals surface area contributed by atoms with Crippen molar-refractivity contribution in [3.8, 4) is 12.3 Å². The molecule has 2 nitrogen and oxygen atoms in total. The van der Waals surface area contributed by atoms with Gasteiger partial charge in [-0.05, 0) is 19.3 Å². The molecular weight excluding hydrogens is 260 g/mol. The first-order valence-corrected chi connectivity index (χ1v) is 9.03. The van der Waals surface area contributed by atoms with E-state index in [4.69, 9.17) is 15.9 Å². The van der Waals surface area contributed by atoms with E-state index in [1.54, 1.807) is 0 Å². The van der Waals surface area contributed by atoms with Gasteiger partial charge in [0.25, 0.3) is 0 Å². The fourth-order valence-corrected chi connectivity index (χ4v) is 2.65. The molecule has 1 heterocycles. The second kappa shape index (κ2) is 13.2. The highest BCUT2D eigenvalue weighted by Crippen LogP contribution is 2.16. The maximum atomic E-state index is 5.87. The smallest absolute Gasteiger partial charge is 0.104 e. The van der Waals surface area contributed by atoms with Crippen molar-refractivity contribution in [1.82, 2.24) is 0 Å². The zero-order valence-electron chi connectivity index (χ0n) is 13.9. The van der Waals surface area contributed by atoms with E-state index in [0.29, 0.717) is 12.2 Å². The molecule has 1 aliphatic heterocycles. The Labute approximate surface area is 132 Å². The molecule has 2 heteroatoms. The van der Waals surface area contributed by atoms with Crippen molar-refractivity contribution in [2.24, 2.45) is 0 Å². The topological polar surface area (TPSA) is 21.8 Å². The van der Waals surface area contributed by atoms with Crippen LogP contribution in [-0.2, 0) is 9.47 Å². The van der Waals surface area contributed by atoms with E-state index in [0.717, 1.165) is 26.1 Å². The Balaban J connectivity index is 1.77. The van der Waals surface area contributed by atoms with E-state index >= 15 is 0 Å². The molecule has 122 valence electrons. The first-order valence-electron chi connectivity index (χ1n) is 9.03. The highest BCUT2D eigenvalue weighted by Gasteiger charge is 2.23. The van der Waals surface area contributed by atoms with Crippen molar-refractivity contribution in [2.75, 3.05) is 13.2 Å². The summed E-state index contributed by atoms with van der Waals surface area (Å²) < 4.78 is 11.0. The van der Waals surface area contributed by atoms with Crippen LogP contribution in [0.15, 0.2) is 0 Å². The number of rotatable bonds is 15. The largest absolute Gasteiger partial charge is 0.375 e. The van der Waals surface area contributed by atoms with Gasteiger partial charge in [-0.2, -0.15) is 0 Å². The summed E-state index contributed by atoms with van der Waals surface area (Å²) in [4.78, 5) is 0. The van der Waals surface area contributed by atoms with E-state index in [2.05, 4.69) is 12.8 Å². The molecule has 0 aromatic carbocycles. The fourth-order valence-electron chi connectivity index (χ4n) is 2.65. The molecule has 0 radical (unpaired) electrons. The van der Waals surface area contributed by atoms with Gasteiger partial charge in [0.15, 0.2) is 0 Å². The zero-order chi connectivity index (χ0) is 15.2. The van der Waals surface area contributed by atoms with Gasteiger partial charge in [0.05, 0.1) is 19.3 Å². The van der Waals surface area contributed by atoms with Crippen molar-refractivity contribution in [2.45, 2.75) is 96.2 Å². The molecule has 1 aliphatic rings. The molecular formula is C19H34O2. The number of terminal acetylenes is 1. The molecule has 0 amide bonds. The van der Waals surface area contributed by atoms with Crippen LogP contribution < -0.4 is 0 Å². The summed E-state index contributed by atoms with van der Waals surface area (Å²) in [5.74, 6) is 2.71. The van der Waals surface area contributed by atoms with Gasteiger partial charge >= 0.3 is 0 Å². The predicted molar refractivity (Wildman–Crippen MR) is 89.4 cm³/mol. The molecule has 2 unspecified atom stereocenters. The lowest BCUT2D eigenvalue weighted by Crippen LogP contribution is -2.15. The predicted octanol–water partition coefficient (Wildman–Crippen LogP) is 5.10. The van der Waals surface area contributed by atoms with Crippen molar-refractivity contribution in [1.29, 1.82) is 0 Å². The van der Waals surface area contributed by atoms with Crippen LogP contribution in [0.25, 0.3) is 0 Å². The summed E-state index contributed by atoms with van der Waals surface area (Å²) >= 11 is 0. The Morgan fingerprint density at radius 2 is 1.62 bits per heavy atom. The van der Waals surface area contributed by atoms with Crippen molar-refractivity contribution >= 4 is 0 Å². The number of hydrogen-bond donors (Lipinski definition) is 0. The number of ether oxygens (including phenoxy) is 2. The lowest BCUT2D eigenvalue weighted by atomic mass is 10.0. The summed E-state index contributed by atoms with van der Waals surface area (Å²) in [6.07, 6.45) is 21.5. The third-order valence-electron chi connectivity index (χ3n) is 4.22. The van der Waals surface area contributed by atoms with E-state index in [9.17, 15) is 0 Å². The molecule has 21 heavy (non-hydrogen) atoms. The van der Waals surface area contributed by atoms with Crippen molar-refractivity contribution < 1.29 is 9.47 Å². The third-order valence-corrected chi connectivity index (χ3v) is 4.22. The third kappa shape index (κ3) is 11.8. The monoisotopic (exact) mass is 294 g/mol.